The molecule has 0 heterocycles. The highest BCUT2D eigenvalue weighted by Gasteiger charge is 2.24. The van der Waals surface area contributed by atoms with Crippen molar-refractivity contribution < 1.29 is 4.79 Å². The van der Waals surface area contributed by atoms with Crippen LogP contribution in [0.1, 0.15) is 38.5 Å². The minimum absolute atomic E-state index is 0.103. The van der Waals surface area contributed by atoms with E-state index in [1.54, 1.807) is 11.9 Å². The maximum Gasteiger partial charge on any atom is 0.265 e. The zero-order chi connectivity index (χ0) is 14.1. The molecule has 5 nitrogen and oxygen atoms in total. The molecule has 19 heavy (non-hydrogen) atoms. The fraction of sp³-hybridized carbons (Fsp3) is 0.643. The van der Waals surface area contributed by atoms with Gasteiger partial charge in [-0.05, 0) is 12.8 Å². The van der Waals surface area contributed by atoms with Gasteiger partial charge in [0.25, 0.3) is 5.91 Å². The van der Waals surface area contributed by atoms with Crippen LogP contribution in [-0.4, -0.2) is 30.4 Å². The average Bonchev–Trinajstić information content (AvgIpc) is 2.47. The van der Waals surface area contributed by atoms with Gasteiger partial charge in [0, 0.05) is 25.8 Å². The van der Waals surface area contributed by atoms with E-state index in [1.165, 1.54) is 12.6 Å². The Balaban J connectivity index is 2.57. The number of nitriles is 2. The molecule has 0 aliphatic heterocycles. The molecule has 0 unspecified atom stereocenters. The average molecular weight is 260 g/mol. The van der Waals surface area contributed by atoms with Gasteiger partial charge in [-0.25, -0.2) is 0 Å². The van der Waals surface area contributed by atoms with E-state index in [1.807, 2.05) is 12.1 Å². The van der Waals surface area contributed by atoms with Gasteiger partial charge in [0.2, 0.25) is 0 Å². The maximum absolute atomic E-state index is 12.2. The predicted molar refractivity (Wildman–Crippen MR) is 71.6 cm³/mol. The van der Waals surface area contributed by atoms with Crippen LogP contribution >= 0.6 is 0 Å². The van der Waals surface area contributed by atoms with Gasteiger partial charge in [-0.3, -0.25) is 4.79 Å². The number of nitrogens with one attached hydrogen (secondary N) is 1. The fourth-order valence-electron chi connectivity index (χ4n) is 2.27. The van der Waals surface area contributed by atoms with E-state index in [0.29, 0.717) is 13.0 Å². The molecular formula is C14H20N4O. The summed E-state index contributed by atoms with van der Waals surface area (Å²) < 4.78 is 0. The first-order valence-electron chi connectivity index (χ1n) is 6.68. The largest absolute Gasteiger partial charge is 0.389 e. The monoisotopic (exact) mass is 260 g/mol. The lowest BCUT2D eigenvalue weighted by Crippen LogP contribution is -2.39. The lowest BCUT2D eigenvalue weighted by atomic mass is 9.94. The molecule has 1 N–H and O–H groups in total. The van der Waals surface area contributed by atoms with E-state index in [9.17, 15) is 4.79 Å². The standard InChI is InChI=1S/C14H20N4O/c1-18(13-6-3-2-4-7-13)14(19)12(10-16)11-17-9-5-8-15/h11,13,17H,2-7,9H2,1H3/b12-11-. The Morgan fingerprint density at radius 2 is 2.05 bits per heavy atom. The number of rotatable bonds is 5. The van der Waals surface area contributed by atoms with Crippen LogP contribution in [0.2, 0.25) is 0 Å². The van der Waals surface area contributed by atoms with Crippen LogP contribution < -0.4 is 5.32 Å². The Labute approximate surface area is 114 Å². The Morgan fingerprint density at radius 3 is 2.63 bits per heavy atom. The summed E-state index contributed by atoms with van der Waals surface area (Å²) in [6.45, 7) is 0.447. The normalized spacial score (nSPS) is 16.3. The van der Waals surface area contributed by atoms with Gasteiger partial charge in [0.15, 0.2) is 0 Å². The molecule has 1 fully saturated rings. The van der Waals surface area contributed by atoms with Crippen molar-refractivity contribution in [2.24, 2.45) is 0 Å². The second-order valence-corrected chi connectivity index (χ2v) is 4.74. The van der Waals surface area contributed by atoms with Gasteiger partial charge in [0.1, 0.15) is 11.6 Å². The van der Waals surface area contributed by atoms with Crippen LogP contribution in [0.5, 0.6) is 0 Å². The fourth-order valence-corrected chi connectivity index (χ4v) is 2.27. The third-order valence-electron chi connectivity index (χ3n) is 3.42. The Hall–Kier alpha value is -2.01. The molecule has 0 spiro atoms. The third kappa shape index (κ3) is 4.63. The summed E-state index contributed by atoms with van der Waals surface area (Å²) in [7, 11) is 1.76. The number of likely N-dealkylation sites (N-methyl/N-ethyl adjacent to an activating group) is 1. The Bertz CT molecular complexity index is 410. The van der Waals surface area contributed by atoms with Crippen LogP contribution in [0.25, 0.3) is 0 Å². The molecule has 1 aliphatic rings. The van der Waals surface area contributed by atoms with Crippen molar-refractivity contribution in [3.63, 3.8) is 0 Å². The number of carbonyl (C=O) groups excluding carboxylic acids is 1. The summed E-state index contributed by atoms with van der Waals surface area (Å²) in [4.78, 5) is 13.8. The summed E-state index contributed by atoms with van der Waals surface area (Å²) in [6, 6.07) is 4.16. The molecule has 1 saturated carbocycles. The second-order valence-electron chi connectivity index (χ2n) is 4.74. The van der Waals surface area contributed by atoms with Crippen molar-refractivity contribution in [3.8, 4) is 12.1 Å². The van der Waals surface area contributed by atoms with E-state index in [-0.39, 0.29) is 17.5 Å². The summed E-state index contributed by atoms with van der Waals surface area (Å²) >= 11 is 0. The number of hydrogen-bond donors (Lipinski definition) is 1. The minimum Gasteiger partial charge on any atom is -0.389 e. The summed E-state index contributed by atoms with van der Waals surface area (Å²) in [6.07, 6.45) is 7.32. The molecule has 0 aromatic rings. The smallest absolute Gasteiger partial charge is 0.265 e. The van der Waals surface area contributed by atoms with Crippen LogP contribution in [0, 0.1) is 22.7 Å². The first-order chi connectivity index (χ1) is 9.20. The summed E-state index contributed by atoms with van der Waals surface area (Å²) in [5.41, 5.74) is 0.103. The van der Waals surface area contributed by atoms with Gasteiger partial charge in [-0.1, -0.05) is 19.3 Å². The highest BCUT2D eigenvalue weighted by Crippen LogP contribution is 2.22. The minimum atomic E-state index is -0.237. The molecular weight excluding hydrogens is 240 g/mol. The molecule has 0 aromatic heterocycles. The van der Waals surface area contributed by atoms with Crippen molar-refractivity contribution in [3.05, 3.63) is 11.8 Å². The van der Waals surface area contributed by atoms with Gasteiger partial charge in [-0.2, -0.15) is 10.5 Å². The lowest BCUT2D eigenvalue weighted by Gasteiger charge is -2.31. The topological polar surface area (TPSA) is 79.9 Å². The van der Waals surface area contributed by atoms with Crippen molar-refractivity contribution in [1.29, 1.82) is 10.5 Å². The molecule has 0 atom stereocenters. The highest BCUT2D eigenvalue weighted by atomic mass is 16.2. The van der Waals surface area contributed by atoms with E-state index < -0.39 is 0 Å². The number of nitrogens with zero attached hydrogens (tertiary/aromatic N) is 3. The maximum atomic E-state index is 12.2. The number of hydrogen-bond acceptors (Lipinski definition) is 4. The van der Waals surface area contributed by atoms with E-state index >= 15 is 0 Å². The zero-order valence-corrected chi connectivity index (χ0v) is 11.4. The summed E-state index contributed by atoms with van der Waals surface area (Å²) in [5, 5.41) is 20.3. The van der Waals surface area contributed by atoms with Crippen molar-refractivity contribution in [2.75, 3.05) is 13.6 Å². The first kappa shape index (κ1) is 15.0. The summed E-state index contributed by atoms with van der Waals surface area (Å²) in [5.74, 6) is -0.237. The van der Waals surface area contributed by atoms with Gasteiger partial charge < -0.3 is 10.2 Å². The van der Waals surface area contributed by atoms with Gasteiger partial charge in [-0.15, -0.1) is 0 Å². The van der Waals surface area contributed by atoms with Gasteiger partial charge in [0.05, 0.1) is 12.5 Å². The second kappa shape index (κ2) is 8.16. The molecule has 5 heteroatoms. The molecule has 1 amide bonds. The van der Waals surface area contributed by atoms with E-state index in [2.05, 4.69) is 5.32 Å². The number of carbonyl (C=O) groups is 1. The van der Waals surface area contributed by atoms with Crippen LogP contribution in [0.4, 0.5) is 0 Å². The first-order valence-corrected chi connectivity index (χ1v) is 6.68. The SMILES string of the molecule is CN(C(=O)/C(C#N)=C\NCCC#N)C1CCCCC1. The van der Waals surface area contributed by atoms with Crippen molar-refractivity contribution in [1.82, 2.24) is 10.2 Å². The van der Waals surface area contributed by atoms with Crippen molar-refractivity contribution in [2.45, 2.75) is 44.6 Å². The molecule has 0 radical (unpaired) electrons. The van der Waals surface area contributed by atoms with E-state index in [0.717, 1.165) is 25.7 Å². The molecule has 102 valence electrons. The molecule has 0 bridgehead atoms. The predicted octanol–water partition coefficient (Wildman–Crippen LogP) is 1.69. The zero-order valence-electron chi connectivity index (χ0n) is 11.4. The third-order valence-corrected chi connectivity index (χ3v) is 3.42. The Kier molecular flexibility index (Phi) is 6.46. The van der Waals surface area contributed by atoms with Crippen molar-refractivity contribution >= 4 is 5.91 Å². The molecule has 0 aromatic carbocycles. The van der Waals surface area contributed by atoms with Gasteiger partial charge >= 0.3 is 0 Å². The van der Waals surface area contributed by atoms with E-state index in [4.69, 9.17) is 10.5 Å². The molecule has 1 rings (SSSR count). The Morgan fingerprint density at radius 1 is 1.37 bits per heavy atom. The number of amides is 1. The van der Waals surface area contributed by atoms with Crippen LogP contribution in [-0.2, 0) is 4.79 Å². The highest BCUT2D eigenvalue weighted by molar-refractivity contribution is 5.97. The molecule has 0 saturated heterocycles. The quantitative estimate of drug-likeness (QED) is 0.463. The van der Waals surface area contributed by atoms with Crippen LogP contribution in [0.3, 0.4) is 0 Å². The lowest BCUT2D eigenvalue weighted by molar-refractivity contribution is -0.128. The van der Waals surface area contributed by atoms with Crippen LogP contribution in [0.15, 0.2) is 11.8 Å². The molecule has 1 aliphatic carbocycles.